The van der Waals surface area contributed by atoms with Gasteiger partial charge in [-0.3, -0.25) is 0 Å². The quantitative estimate of drug-likeness (QED) is 0.749. The van der Waals surface area contributed by atoms with E-state index in [1.165, 1.54) is 14.2 Å². The molecule has 1 rings (SSSR count). The van der Waals surface area contributed by atoms with Crippen LogP contribution in [-0.4, -0.2) is 19.3 Å². The standard InChI is InChI=1S/C9H10I2O3/c1-4-5(10)8(13-2)7(12)9(14-3)6(4)11/h12H,1-3H3. The highest BCUT2D eigenvalue weighted by Gasteiger charge is 2.19. The highest BCUT2D eigenvalue weighted by Crippen LogP contribution is 2.44. The van der Waals surface area contributed by atoms with Gasteiger partial charge < -0.3 is 14.6 Å². The van der Waals surface area contributed by atoms with Crippen molar-refractivity contribution in [1.29, 1.82) is 0 Å². The number of hydrogen-bond acceptors (Lipinski definition) is 3. The number of rotatable bonds is 2. The van der Waals surface area contributed by atoms with Crippen LogP contribution in [0.3, 0.4) is 0 Å². The lowest BCUT2D eigenvalue weighted by atomic mass is 10.2. The van der Waals surface area contributed by atoms with Crippen LogP contribution < -0.4 is 9.47 Å². The Morgan fingerprint density at radius 1 is 1.00 bits per heavy atom. The van der Waals surface area contributed by atoms with Crippen molar-refractivity contribution in [1.82, 2.24) is 0 Å². The first-order valence-corrected chi connectivity index (χ1v) is 5.98. The summed E-state index contributed by atoms with van der Waals surface area (Å²) in [4.78, 5) is 0. The number of phenolic OH excluding ortho intramolecular Hbond substituents is 1. The third kappa shape index (κ3) is 1.88. The lowest BCUT2D eigenvalue weighted by Gasteiger charge is -2.14. The molecule has 0 aromatic heterocycles. The Labute approximate surface area is 110 Å². The van der Waals surface area contributed by atoms with Crippen LogP contribution in [0.5, 0.6) is 17.2 Å². The maximum Gasteiger partial charge on any atom is 0.203 e. The average molecular weight is 420 g/mol. The second kappa shape index (κ2) is 4.73. The number of hydrogen-bond donors (Lipinski definition) is 1. The molecule has 0 saturated heterocycles. The van der Waals surface area contributed by atoms with Crippen molar-refractivity contribution < 1.29 is 14.6 Å². The van der Waals surface area contributed by atoms with E-state index < -0.39 is 0 Å². The first kappa shape index (κ1) is 12.2. The molecule has 3 nitrogen and oxygen atoms in total. The first-order chi connectivity index (χ1) is 6.54. The summed E-state index contributed by atoms with van der Waals surface area (Å²) >= 11 is 4.29. The van der Waals surface area contributed by atoms with Crippen LogP contribution in [0.15, 0.2) is 0 Å². The van der Waals surface area contributed by atoms with Crippen LogP contribution in [0.4, 0.5) is 0 Å². The Kier molecular flexibility index (Phi) is 4.11. The van der Waals surface area contributed by atoms with E-state index >= 15 is 0 Å². The summed E-state index contributed by atoms with van der Waals surface area (Å²) in [5.41, 5.74) is 1.05. The maximum absolute atomic E-state index is 9.82. The van der Waals surface area contributed by atoms with Gasteiger partial charge in [0.1, 0.15) is 0 Å². The number of phenols is 1. The summed E-state index contributed by atoms with van der Waals surface area (Å²) in [6.45, 7) is 1.97. The third-order valence-corrected chi connectivity index (χ3v) is 4.49. The zero-order chi connectivity index (χ0) is 10.9. The highest BCUT2D eigenvalue weighted by atomic mass is 127. The van der Waals surface area contributed by atoms with Gasteiger partial charge in [0.15, 0.2) is 11.5 Å². The van der Waals surface area contributed by atoms with Crippen molar-refractivity contribution in [3.63, 3.8) is 0 Å². The van der Waals surface area contributed by atoms with Gasteiger partial charge in [0.25, 0.3) is 0 Å². The van der Waals surface area contributed by atoms with Gasteiger partial charge in [-0.05, 0) is 57.7 Å². The van der Waals surface area contributed by atoms with Crippen molar-refractivity contribution in [3.05, 3.63) is 12.7 Å². The van der Waals surface area contributed by atoms with Crippen molar-refractivity contribution in [2.75, 3.05) is 14.2 Å². The molecule has 0 heterocycles. The molecule has 5 heteroatoms. The van der Waals surface area contributed by atoms with Crippen LogP contribution in [0.1, 0.15) is 5.56 Å². The summed E-state index contributed by atoms with van der Waals surface area (Å²) in [5.74, 6) is 1.01. The van der Waals surface area contributed by atoms with Gasteiger partial charge in [0.2, 0.25) is 5.75 Å². The fourth-order valence-electron chi connectivity index (χ4n) is 1.12. The van der Waals surface area contributed by atoms with Crippen molar-refractivity contribution in [2.24, 2.45) is 0 Å². The molecule has 0 saturated carbocycles. The second-order valence-corrected chi connectivity index (χ2v) is 4.83. The summed E-state index contributed by atoms with van der Waals surface area (Å²) in [6, 6.07) is 0. The van der Waals surface area contributed by atoms with Crippen molar-refractivity contribution in [2.45, 2.75) is 6.92 Å². The predicted molar refractivity (Wildman–Crippen MR) is 71.4 cm³/mol. The average Bonchev–Trinajstić information content (AvgIpc) is 2.16. The van der Waals surface area contributed by atoms with Crippen LogP contribution in [0, 0.1) is 14.1 Å². The zero-order valence-electron chi connectivity index (χ0n) is 8.02. The molecule has 0 bridgehead atoms. The molecular formula is C9H10I2O3. The summed E-state index contributed by atoms with van der Waals surface area (Å²) in [7, 11) is 3.06. The molecule has 0 aliphatic carbocycles. The molecule has 0 atom stereocenters. The van der Waals surface area contributed by atoms with Gasteiger partial charge >= 0.3 is 0 Å². The summed E-state index contributed by atoms with van der Waals surface area (Å²) < 4.78 is 12.0. The summed E-state index contributed by atoms with van der Waals surface area (Å²) in [5, 5.41) is 9.82. The first-order valence-electron chi connectivity index (χ1n) is 3.83. The Hall–Kier alpha value is 0.0800. The number of benzene rings is 1. The van der Waals surface area contributed by atoms with Gasteiger partial charge in [-0.1, -0.05) is 0 Å². The lowest BCUT2D eigenvalue weighted by Crippen LogP contribution is -1.98. The Morgan fingerprint density at radius 2 is 1.36 bits per heavy atom. The lowest BCUT2D eigenvalue weighted by molar-refractivity contribution is 0.336. The van der Waals surface area contributed by atoms with Gasteiger partial charge in [0, 0.05) is 0 Å². The third-order valence-electron chi connectivity index (χ3n) is 1.90. The highest BCUT2D eigenvalue weighted by molar-refractivity contribution is 14.1. The van der Waals surface area contributed by atoms with Gasteiger partial charge in [-0.15, -0.1) is 0 Å². The second-order valence-electron chi connectivity index (χ2n) is 2.67. The molecule has 14 heavy (non-hydrogen) atoms. The summed E-state index contributed by atoms with van der Waals surface area (Å²) in [6.07, 6.45) is 0. The van der Waals surface area contributed by atoms with E-state index in [0.29, 0.717) is 11.5 Å². The Balaban J connectivity index is 3.56. The van der Waals surface area contributed by atoms with Gasteiger partial charge in [-0.25, -0.2) is 0 Å². The van der Waals surface area contributed by atoms with Gasteiger partial charge in [0.05, 0.1) is 21.4 Å². The molecule has 0 aliphatic rings. The molecule has 1 N–H and O–H groups in total. The van der Waals surface area contributed by atoms with E-state index in [1.807, 2.05) is 6.92 Å². The van der Waals surface area contributed by atoms with E-state index in [4.69, 9.17) is 9.47 Å². The fourth-order valence-corrected chi connectivity index (χ4v) is 3.13. The van der Waals surface area contributed by atoms with E-state index in [-0.39, 0.29) is 5.75 Å². The van der Waals surface area contributed by atoms with Crippen molar-refractivity contribution in [3.8, 4) is 17.2 Å². The predicted octanol–water partition coefficient (Wildman–Crippen LogP) is 2.93. The van der Waals surface area contributed by atoms with E-state index in [1.54, 1.807) is 0 Å². The molecular weight excluding hydrogens is 410 g/mol. The number of ether oxygens (including phenoxy) is 2. The molecule has 1 aromatic rings. The largest absolute Gasteiger partial charge is 0.502 e. The zero-order valence-corrected chi connectivity index (χ0v) is 12.3. The van der Waals surface area contributed by atoms with Gasteiger partial charge in [-0.2, -0.15) is 0 Å². The Morgan fingerprint density at radius 3 is 1.64 bits per heavy atom. The number of methoxy groups -OCH3 is 2. The monoisotopic (exact) mass is 420 g/mol. The van der Waals surface area contributed by atoms with Crippen LogP contribution >= 0.6 is 45.2 Å². The molecule has 1 aromatic carbocycles. The van der Waals surface area contributed by atoms with E-state index in [9.17, 15) is 5.11 Å². The maximum atomic E-state index is 9.82. The Bertz CT molecular complexity index is 333. The molecule has 0 unspecified atom stereocenters. The van der Waals surface area contributed by atoms with E-state index in [0.717, 1.165) is 12.7 Å². The minimum Gasteiger partial charge on any atom is -0.502 e. The molecule has 0 aliphatic heterocycles. The topological polar surface area (TPSA) is 38.7 Å². The van der Waals surface area contributed by atoms with Crippen molar-refractivity contribution >= 4 is 45.2 Å². The minimum atomic E-state index is 0.0643. The smallest absolute Gasteiger partial charge is 0.203 e. The fraction of sp³-hybridized carbons (Fsp3) is 0.333. The SMILES string of the molecule is COc1c(O)c(OC)c(I)c(C)c1I. The normalized spacial score (nSPS) is 10.1. The molecule has 0 amide bonds. The van der Waals surface area contributed by atoms with E-state index in [2.05, 4.69) is 45.2 Å². The van der Waals surface area contributed by atoms with Crippen LogP contribution in [0.2, 0.25) is 0 Å². The molecule has 0 fully saturated rings. The molecule has 0 radical (unpaired) electrons. The molecule has 0 spiro atoms. The number of halogens is 2. The van der Waals surface area contributed by atoms with Crippen LogP contribution in [0.25, 0.3) is 0 Å². The molecule has 78 valence electrons. The van der Waals surface area contributed by atoms with Crippen LogP contribution in [-0.2, 0) is 0 Å². The number of aromatic hydroxyl groups is 1. The minimum absolute atomic E-state index is 0.0643.